The third-order valence-electron chi connectivity index (χ3n) is 1.58. The molecule has 0 radical (unpaired) electrons. The fourth-order valence-electron chi connectivity index (χ4n) is 1.04. The van der Waals surface area contributed by atoms with Gasteiger partial charge in [-0.2, -0.15) is 5.10 Å². The molecule has 0 saturated heterocycles. The average Bonchev–Trinajstić information content (AvgIpc) is 2.39. The predicted octanol–water partition coefficient (Wildman–Crippen LogP) is 1.18. The van der Waals surface area contributed by atoms with Crippen LogP contribution in [0, 0.1) is 0 Å². The minimum Gasteiger partial charge on any atom is -0.303 e. The van der Waals surface area contributed by atoms with Gasteiger partial charge in [0.15, 0.2) is 0 Å². The summed E-state index contributed by atoms with van der Waals surface area (Å²) in [5.74, 6) is 0. The van der Waals surface area contributed by atoms with E-state index in [1.807, 2.05) is 36.4 Å². The number of nitrogens with zero attached hydrogens (tertiary/aromatic N) is 1. The second-order valence-corrected chi connectivity index (χ2v) is 3.88. The van der Waals surface area contributed by atoms with Gasteiger partial charge in [-0.25, -0.2) is 4.57 Å². The van der Waals surface area contributed by atoms with Crippen LogP contribution in [0.3, 0.4) is 0 Å². The summed E-state index contributed by atoms with van der Waals surface area (Å²) in [7, 11) is -4.64. The van der Waals surface area contributed by atoms with Crippen molar-refractivity contribution in [3.05, 3.63) is 35.9 Å². The summed E-state index contributed by atoms with van der Waals surface area (Å²) in [5.41, 5.74) is 5.16. The summed E-state index contributed by atoms with van der Waals surface area (Å²) in [6, 6.07) is 8.05. The van der Waals surface area contributed by atoms with Gasteiger partial charge in [0.2, 0.25) is 0 Å². The minimum atomic E-state index is -4.64. The molecule has 6 nitrogen and oxygen atoms in total. The molecule has 0 spiro atoms. The zero-order chi connectivity index (χ0) is 12.0. The summed E-state index contributed by atoms with van der Waals surface area (Å²) in [6.45, 7) is 0. The van der Waals surface area contributed by atoms with E-state index in [-0.39, 0.29) is 0 Å². The lowest BCUT2D eigenvalue weighted by atomic mass is 10.2. The van der Waals surface area contributed by atoms with Gasteiger partial charge in [0, 0.05) is 6.21 Å². The standard InChI is InChI=1S/C9H8N2.H3O4P/c1-2-6-9-8(4-1)5-3-7-10-11-9;1-5(2,3)4/h1-7,11H;(H3,1,2,3,4). The fourth-order valence-corrected chi connectivity index (χ4v) is 1.04. The van der Waals surface area contributed by atoms with Gasteiger partial charge < -0.3 is 14.7 Å². The molecule has 0 aliphatic carbocycles. The van der Waals surface area contributed by atoms with Crippen LogP contribution in [0.15, 0.2) is 35.4 Å². The Bertz CT molecular complexity index is 444. The Morgan fingerprint density at radius 1 is 1.19 bits per heavy atom. The third kappa shape index (κ3) is 5.43. The number of rotatable bonds is 0. The van der Waals surface area contributed by atoms with Crippen LogP contribution in [-0.2, 0) is 4.57 Å². The number of hydrogen-bond acceptors (Lipinski definition) is 3. The zero-order valence-electron chi connectivity index (χ0n) is 8.19. The predicted molar refractivity (Wildman–Crippen MR) is 61.9 cm³/mol. The second kappa shape index (κ2) is 5.58. The van der Waals surface area contributed by atoms with Crippen molar-refractivity contribution in [2.24, 2.45) is 5.10 Å². The Morgan fingerprint density at radius 2 is 1.81 bits per heavy atom. The van der Waals surface area contributed by atoms with E-state index >= 15 is 0 Å². The maximum Gasteiger partial charge on any atom is 0.466 e. The van der Waals surface area contributed by atoms with Crippen molar-refractivity contribution in [2.45, 2.75) is 0 Å². The number of fused-ring (bicyclic) bond motifs is 1. The SMILES string of the molecule is C1=Cc2ccccc2NN=C1.O=P(O)(O)O. The Morgan fingerprint density at radius 3 is 2.50 bits per heavy atom. The first-order valence-electron chi connectivity index (χ1n) is 4.30. The molecule has 0 saturated carbocycles. The lowest BCUT2D eigenvalue weighted by Gasteiger charge is -2.00. The first-order valence-corrected chi connectivity index (χ1v) is 5.86. The normalized spacial score (nSPS) is 12.9. The molecule has 1 aliphatic rings. The molecule has 4 N–H and O–H groups in total. The number of phosphoric acid groups is 1. The van der Waals surface area contributed by atoms with Crippen LogP contribution < -0.4 is 5.43 Å². The molecular weight excluding hydrogens is 231 g/mol. The molecule has 1 aliphatic heterocycles. The molecule has 0 fully saturated rings. The number of hydrazone groups is 1. The largest absolute Gasteiger partial charge is 0.466 e. The lowest BCUT2D eigenvalue weighted by Crippen LogP contribution is -1.87. The van der Waals surface area contributed by atoms with Crippen LogP contribution in [0.25, 0.3) is 6.08 Å². The van der Waals surface area contributed by atoms with Gasteiger partial charge in [-0.1, -0.05) is 24.3 Å². The highest BCUT2D eigenvalue weighted by Crippen LogP contribution is 2.25. The zero-order valence-corrected chi connectivity index (χ0v) is 9.08. The highest BCUT2D eigenvalue weighted by atomic mass is 31.2. The van der Waals surface area contributed by atoms with E-state index in [1.165, 1.54) is 5.56 Å². The number of para-hydroxylation sites is 1. The molecule has 0 aromatic heterocycles. The first kappa shape index (κ1) is 12.6. The van der Waals surface area contributed by atoms with Gasteiger partial charge in [-0.15, -0.1) is 0 Å². The monoisotopic (exact) mass is 242 g/mol. The topological polar surface area (TPSA) is 102 Å². The molecular formula is C9H11N2O4P. The van der Waals surface area contributed by atoms with Crippen LogP contribution in [0.5, 0.6) is 0 Å². The maximum atomic E-state index is 8.88. The lowest BCUT2D eigenvalue weighted by molar-refractivity contribution is 0.275. The van der Waals surface area contributed by atoms with E-state index in [2.05, 4.69) is 10.5 Å². The highest BCUT2D eigenvalue weighted by Gasteiger charge is 2.00. The van der Waals surface area contributed by atoms with Crippen LogP contribution in [0.4, 0.5) is 5.69 Å². The smallest absolute Gasteiger partial charge is 0.303 e. The molecule has 0 bridgehead atoms. The molecule has 0 unspecified atom stereocenters. The summed E-state index contributed by atoms with van der Waals surface area (Å²) in [4.78, 5) is 21.6. The molecule has 2 rings (SSSR count). The van der Waals surface area contributed by atoms with Crippen molar-refractivity contribution < 1.29 is 19.2 Å². The van der Waals surface area contributed by atoms with Crippen LogP contribution in [0.2, 0.25) is 0 Å². The van der Waals surface area contributed by atoms with Crippen molar-refractivity contribution in [1.82, 2.24) is 0 Å². The third-order valence-corrected chi connectivity index (χ3v) is 1.58. The molecule has 7 heteroatoms. The average molecular weight is 242 g/mol. The van der Waals surface area contributed by atoms with Gasteiger partial charge in [0.05, 0.1) is 5.69 Å². The highest BCUT2D eigenvalue weighted by molar-refractivity contribution is 7.45. The Balaban J connectivity index is 0.000000221. The van der Waals surface area contributed by atoms with Crippen molar-refractivity contribution in [2.75, 3.05) is 5.43 Å². The molecule has 1 heterocycles. The van der Waals surface area contributed by atoms with Gasteiger partial charge in [-0.3, -0.25) is 5.43 Å². The summed E-state index contributed by atoms with van der Waals surface area (Å²) >= 11 is 0. The second-order valence-electron chi connectivity index (χ2n) is 2.85. The van der Waals surface area contributed by atoms with Crippen molar-refractivity contribution in [3.8, 4) is 0 Å². The van der Waals surface area contributed by atoms with E-state index in [1.54, 1.807) is 6.21 Å². The van der Waals surface area contributed by atoms with E-state index < -0.39 is 7.82 Å². The molecule has 0 amide bonds. The summed E-state index contributed by atoms with van der Waals surface area (Å²) < 4.78 is 8.88. The van der Waals surface area contributed by atoms with Crippen molar-refractivity contribution in [1.29, 1.82) is 0 Å². The van der Waals surface area contributed by atoms with Crippen LogP contribution >= 0.6 is 7.82 Å². The van der Waals surface area contributed by atoms with Crippen LogP contribution in [-0.4, -0.2) is 20.9 Å². The molecule has 16 heavy (non-hydrogen) atoms. The first-order chi connectivity index (χ1) is 7.47. The van der Waals surface area contributed by atoms with Gasteiger partial charge in [0.1, 0.15) is 0 Å². The number of nitrogens with one attached hydrogen (secondary N) is 1. The summed E-state index contributed by atoms with van der Waals surface area (Å²) in [6.07, 6.45) is 5.68. The van der Waals surface area contributed by atoms with Gasteiger partial charge in [-0.05, 0) is 17.7 Å². The minimum absolute atomic E-state index is 1.05. The number of benzene rings is 1. The van der Waals surface area contributed by atoms with Gasteiger partial charge >= 0.3 is 7.82 Å². The Labute approximate surface area is 92.2 Å². The molecule has 86 valence electrons. The van der Waals surface area contributed by atoms with Crippen LogP contribution in [0.1, 0.15) is 5.56 Å². The van der Waals surface area contributed by atoms with E-state index in [0.29, 0.717) is 0 Å². The fraction of sp³-hybridized carbons (Fsp3) is 0. The van der Waals surface area contributed by atoms with E-state index in [0.717, 1.165) is 5.69 Å². The molecule has 1 aromatic carbocycles. The quantitative estimate of drug-likeness (QED) is 0.512. The van der Waals surface area contributed by atoms with Gasteiger partial charge in [0.25, 0.3) is 0 Å². The van der Waals surface area contributed by atoms with Crippen molar-refractivity contribution >= 4 is 25.8 Å². The molecule has 0 atom stereocenters. The number of hydrogen-bond donors (Lipinski definition) is 4. The summed E-state index contributed by atoms with van der Waals surface area (Å²) in [5, 5.41) is 3.95. The molecule has 1 aromatic rings. The van der Waals surface area contributed by atoms with E-state index in [9.17, 15) is 0 Å². The Hall–Kier alpha value is -1.46. The number of allylic oxidation sites excluding steroid dienone is 1. The maximum absolute atomic E-state index is 8.88. The van der Waals surface area contributed by atoms with E-state index in [4.69, 9.17) is 19.2 Å². The number of anilines is 1. The van der Waals surface area contributed by atoms with Crippen molar-refractivity contribution in [3.63, 3.8) is 0 Å². The Kier molecular flexibility index (Phi) is 4.39.